The van der Waals surface area contributed by atoms with E-state index in [1.165, 1.54) is 12.5 Å². The summed E-state index contributed by atoms with van der Waals surface area (Å²) >= 11 is 0. The van der Waals surface area contributed by atoms with Crippen LogP contribution < -0.4 is 10.2 Å². The molecule has 2 heterocycles. The van der Waals surface area contributed by atoms with Gasteiger partial charge in [0.25, 0.3) is 0 Å². The number of hydrogen-bond acceptors (Lipinski definition) is 3. The molecule has 1 aromatic carbocycles. The summed E-state index contributed by atoms with van der Waals surface area (Å²) in [5.41, 5.74) is 0.984. The van der Waals surface area contributed by atoms with E-state index in [4.69, 9.17) is 4.74 Å². The third kappa shape index (κ3) is 4.24. The molecule has 1 unspecified atom stereocenters. The van der Waals surface area contributed by atoms with Crippen molar-refractivity contribution in [3.63, 3.8) is 0 Å². The SMILES string of the molecule is CN=C(NCCCN(C)c1ccccc1F)N1CCC2(CCOC2)C1. The lowest BCUT2D eigenvalue weighted by molar-refractivity contribution is 0.156. The van der Waals surface area contributed by atoms with Crippen LogP contribution in [-0.2, 0) is 4.74 Å². The topological polar surface area (TPSA) is 40.1 Å². The quantitative estimate of drug-likeness (QED) is 0.504. The first-order valence-electron chi connectivity index (χ1n) is 9.13. The summed E-state index contributed by atoms with van der Waals surface area (Å²) in [7, 11) is 3.77. The molecule has 0 bridgehead atoms. The molecule has 0 aliphatic carbocycles. The van der Waals surface area contributed by atoms with E-state index in [2.05, 4.69) is 15.2 Å². The highest BCUT2D eigenvalue weighted by atomic mass is 19.1. The predicted molar refractivity (Wildman–Crippen MR) is 99.7 cm³/mol. The van der Waals surface area contributed by atoms with Crippen LogP contribution in [0.5, 0.6) is 0 Å². The van der Waals surface area contributed by atoms with Crippen molar-refractivity contribution in [3.05, 3.63) is 30.1 Å². The lowest BCUT2D eigenvalue weighted by Crippen LogP contribution is -2.42. The third-order valence-electron chi connectivity index (χ3n) is 5.35. The molecule has 0 amide bonds. The number of benzene rings is 1. The van der Waals surface area contributed by atoms with Crippen molar-refractivity contribution in [1.29, 1.82) is 0 Å². The van der Waals surface area contributed by atoms with Gasteiger partial charge in [0.05, 0.1) is 12.3 Å². The van der Waals surface area contributed by atoms with E-state index in [-0.39, 0.29) is 5.82 Å². The Morgan fingerprint density at radius 2 is 2.24 bits per heavy atom. The van der Waals surface area contributed by atoms with Crippen molar-refractivity contribution in [2.75, 3.05) is 58.4 Å². The number of guanidine groups is 1. The van der Waals surface area contributed by atoms with Gasteiger partial charge in [-0.3, -0.25) is 4.99 Å². The molecule has 2 aliphatic rings. The Bertz CT molecular complexity index is 601. The molecule has 3 rings (SSSR count). The Morgan fingerprint density at radius 1 is 1.40 bits per heavy atom. The van der Waals surface area contributed by atoms with Gasteiger partial charge in [-0.25, -0.2) is 4.39 Å². The highest BCUT2D eigenvalue weighted by Crippen LogP contribution is 2.38. The lowest BCUT2D eigenvalue weighted by atomic mass is 9.87. The Morgan fingerprint density at radius 3 is 2.96 bits per heavy atom. The maximum atomic E-state index is 13.8. The highest BCUT2D eigenvalue weighted by Gasteiger charge is 2.42. The fraction of sp³-hybridized carbons (Fsp3) is 0.632. The minimum Gasteiger partial charge on any atom is -0.381 e. The monoisotopic (exact) mass is 348 g/mol. The van der Waals surface area contributed by atoms with Gasteiger partial charge in [-0.1, -0.05) is 12.1 Å². The zero-order valence-corrected chi connectivity index (χ0v) is 15.3. The lowest BCUT2D eigenvalue weighted by Gasteiger charge is -2.25. The first-order valence-corrected chi connectivity index (χ1v) is 9.13. The molecule has 5 nitrogen and oxygen atoms in total. The van der Waals surface area contributed by atoms with E-state index in [1.807, 2.05) is 31.1 Å². The zero-order valence-electron chi connectivity index (χ0n) is 15.3. The number of aliphatic imine (C=N–C) groups is 1. The molecule has 0 aromatic heterocycles. The van der Waals surface area contributed by atoms with E-state index in [1.54, 1.807) is 6.07 Å². The fourth-order valence-corrected chi connectivity index (χ4v) is 3.82. The zero-order chi connectivity index (χ0) is 17.7. The summed E-state index contributed by atoms with van der Waals surface area (Å²) in [5.74, 6) is 0.798. The van der Waals surface area contributed by atoms with Crippen molar-refractivity contribution < 1.29 is 9.13 Å². The van der Waals surface area contributed by atoms with Gasteiger partial charge < -0.3 is 19.9 Å². The highest BCUT2D eigenvalue weighted by molar-refractivity contribution is 5.80. The normalized spacial score (nSPS) is 23.5. The minimum atomic E-state index is -0.171. The summed E-state index contributed by atoms with van der Waals surface area (Å²) in [6.45, 7) is 5.46. The molecule has 25 heavy (non-hydrogen) atoms. The van der Waals surface area contributed by atoms with Crippen molar-refractivity contribution >= 4 is 11.6 Å². The van der Waals surface area contributed by atoms with Gasteiger partial charge in [0.15, 0.2) is 5.96 Å². The van der Waals surface area contributed by atoms with Crippen molar-refractivity contribution in [3.8, 4) is 0 Å². The van der Waals surface area contributed by atoms with Gasteiger partial charge in [0, 0.05) is 52.3 Å². The van der Waals surface area contributed by atoms with Crippen LogP contribution >= 0.6 is 0 Å². The van der Waals surface area contributed by atoms with E-state index >= 15 is 0 Å². The number of ether oxygens (including phenoxy) is 1. The maximum Gasteiger partial charge on any atom is 0.193 e. The molecular weight excluding hydrogens is 319 g/mol. The third-order valence-corrected chi connectivity index (χ3v) is 5.35. The van der Waals surface area contributed by atoms with Crippen LogP contribution in [0.3, 0.4) is 0 Å². The Hall–Kier alpha value is -1.82. The second-order valence-corrected chi connectivity index (χ2v) is 7.17. The van der Waals surface area contributed by atoms with Crippen LogP contribution in [0.2, 0.25) is 0 Å². The number of para-hydroxylation sites is 1. The molecule has 1 aromatic rings. The molecular formula is C19H29FN4O. The molecule has 1 N–H and O–H groups in total. The van der Waals surface area contributed by atoms with Crippen LogP contribution in [0.4, 0.5) is 10.1 Å². The van der Waals surface area contributed by atoms with Crippen molar-refractivity contribution in [2.45, 2.75) is 19.3 Å². The molecule has 2 saturated heterocycles. The van der Waals surface area contributed by atoms with Crippen LogP contribution in [-0.4, -0.2) is 64.3 Å². The van der Waals surface area contributed by atoms with Crippen LogP contribution in [0.1, 0.15) is 19.3 Å². The number of anilines is 1. The summed E-state index contributed by atoms with van der Waals surface area (Å²) < 4.78 is 19.4. The molecule has 0 radical (unpaired) electrons. The van der Waals surface area contributed by atoms with Crippen molar-refractivity contribution in [2.24, 2.45) is 10.4 Å². The number of nitrogens with one attached hydrogen (secondary N) is 1. The number of hydrogen-bond donors (Lipinski definition) is 1. The number of nitrogens with zero attached hydrogens (tertiary/aromatic N) is 3. The molecule has 2 fully saturated rings. The van der Waals surface area contributed by atoms with Gasteiger partial charge >= 0.3 is 0 Å². The summed E-state index contributed by atoms with van der Waals surface area (Å²) in [5, 5.41) is 3.45. The number of halogens is 1. The smallest absolute Gasteiger partial charge is 0.193 e. The average Bonchev–Trinajstić information content (AvgIpc) is 3.25. The van der Waals surface area contributed by atoms with Crippen LogP contribution in [0.25, 0.3) is 0 Å². The van der Waals surface area contributed by atoms with E-state index in [0.717, 1.165) is 58.2 Å². The second-order valence-electron chi connectivity index (χ2n) is 7.17. The maximum absolute atomic E-state index is 13.8. The standard InChI is InChI=1S/C19H29FN4O/c1-21-18(24-12-8-19(14-24)9-13-25-15-19)22-10-5-11-23(2)17-7-4-3-6-16(17)20/h3-4,6-7H,5,8-15H2,1-2H3,(H,21,22). The molecule has 0 saturated carbocycles. The number of rotatable bonds is 5. The van der Waals surface area contributed by atoms with Crippen molar-refractivity contribution in [1.82, 2.24) is 10.2 Å². The molecule has 6 heteroatoms. The van der Waals surface area contributed by atoms with Gasteiger partial charge in [-0.05, 0) is 31.4 Å². The van der Waals surface area contributed by atoms with E-state index in [0.29, 0.717) is 11.1 Å². The fourth-order valence-electron chi connectivity index (χ4n) is 3.82. The van der Waals surface area contributed by atoms with Gasteiger partial charge in [0.1, 0.15) is 5.82 Å². The summed E-state index contributed by atoms with van der Waals surface area (Å²) in [6, 6.07) is 6.90. The molecule has 138 valence electrons. The van der Waals surface area contributed by atoms with Gasteiger partial charge in [-0.2, -0.15) is 0 Å². The van der Waals surface area contributed by atoms with Gasteiger partial charge in [-0.15, -0.1) is 0 Å². The first-order chi connectivity index (χ1) is 12.1. The van der Waals surface area contributed by atoms with E-state index < -0.39 is 0 Å². The Balaban J connectivity index is 1.43. The molecule has 1 spiro atoms. The Labute approximate surface area is 149 Å². The number of likely N-dealkylation sites (tertiary alicyclic amines) is 1. The van der Waals surface area contributed by atoms with Crippen LogP contribution in [0, 0.1) is 11.2 Å². The predicted octanol–water partition coefficient (Wildman–Crippen LogP) is 2.34. The van der Waals surface area contributed by atoms with Gasteiger partial charge in [0.2, 0.25) is 0 Å². The molecule has 2 aliphatic heterocycles. The van der Waals surface area contributed by atoms with E-state index in [9.17, 15) is 4.39 Å². The van der Waals surface area contributed by atoms with Crippen LogP contribution in [0.15, 0.2) is 29.3 Å². The summed E-state index contributed by atoms with van der Waals surface area (Å²) in [4.78, 5) is 8.73. The largest absolute Gasteiger partial charge is 0.381 e. The Kier molecular flexibility index (Phi) is 5.78. The molecule has 1 atom stereocenters. The first kappa shape index (κ1) is 18.0. The summed E-state index contributed by atoms with van der Waals surface area (Å²) in [6.07, 6.45) is 3.27. The minimum absolute atomic E-state index is 0.171. The second kappa shape index (κ2) is 8.04. The average molecular weight is 348 g/mol.